The molecule has 0 aliphatic heterocycles. The Kier molecular flexibility index (Phi) is 4.62. The van der Waals surface area contributed by atoms with E-state index >= 15 is 0 Å². The molecular weight excluding hydrogens is 373 g/mol. The van der Waals surface area contributed by atoms with Gasteiger partial charge in [-0.2, -0.15) is 0 Å². The number of benzene rings is 3. The van der Waals surface area contributed by atoms with Crippen molar-refractivity contribution < 1.29 is 4.74 Å². The Morgan fingerprint density at radius 1 is 0.920 bits per heavy atom. The molecule has 0 aliphatic rings. The van der Waals surface area contributed by atoms with Crippen molar-refractivity contribution in [2.45, 2.75) is 6.61 Å². The van der Waals surface area contributed by atoms with E-state index in [0.29, 0.717) is 16.7 Å². The number of para-hydroxylation sites is 1. The normalized spacial score (nSPS) is 11.0. The molecule has 0 N–H and O–H groups in total. The highest BCUT2D eigenvalue weighted by Gasteiger charge is 2.08. The number of halogens is 2. The fraction of sp³-hybridized carbons (Fsp3) is 0.0500. The van der Waals surface area contributed by atoms with Crippen LogP contribution in [0.2, 0.25) is 10.0 Å². The second-order valence-electron chi connectivity index (χ2n) is 5.54. The van der Waals surface area contributed by atoms with E-state index in [1.54, 1.807) is 17.4 Å². The van der Waals surface area contributed by atoms with Gasteiger partial charge in [-0.25, -0.2) is 4.98 Å². The average Bonchev–Trinajstić information content (AvgIpc) is 3.05. The molecule has 1 aromatic heterocycles. The van der Waals surface area contributed by atoms with Crippen LogP contribution in [0.1, 0.15) is 5.56 Å². The molecule has 25 heavy (non-hydrogen) atoms. The van der Waals surface area contributed by atoms with Gasteiger partial charge in [0.1, 0.15) is 17.4 Å². The minimum atomic E-state index is 0.388. The molecule has 0 spiro atoms. The van der Waals surface area contributed by atoms with Gasteiger partial charge in [0.15, 0.2) is 0 Å². The lowest BCUT2D eigenvalue weighted by Gasteiger charge is -2.09. The quantitative estimate of drug-likeness (QED) is 0.383. The molecule has 3 aromatic carbocycles. The number of ether oxygens (including phenoxy) is 1. The first-order valence-corrected chi connectivity index (χ1v) is 9.29. The fourth-order valence-corrected chi connectivity index (χ4v) is 3.94. The second kappa shape index (κ2) is 7.04. The maximum atomic E-state index is 6.20. The number of hydrogen-bond acceptors (Lipinski definition) is 3. The Bertz CT molecular complexity index is 1010. The molecule has 0 saturated heterocycles. The van der Waals surface area contributed by atoms with Crippen LogP contribution in [0.25, 0.3) is 20.8 Å². The van der Waals surface area contributed by atoms with Gasteiger partial charge in [-0.15, -0.1) is 11.3 Å². The predicted molar refractivity (Wildman–Crippen MR) is 106 cm³/mol. The summed E-state index contributed by atoms with van der Waals surface area (Å²) in [5.74, 6) is 0.780. The Labute approximate surface area is 159 Å². The standard InChI is InChI=1S/C20H13Cl2NOS/c21-15-9-8-14(17(22)11-15)12-24-16-5-3-4-13(10-16)20-23-18-6-1-2-7-19(18)25-20/h1-11H,12H2. The molecule has 0 fully saturated rings. The molecule has 0 aliphatic carbocycles. The number of thiazole rings is 1. The van der Waals surface area contributed by atoms with Crippen molar-refractivity contribution in [3.8, 4) is 16.3 Å². The van der Waals surface area contributed by atoms with Crippen LogP contribution in [0.4, 0.5) is 0 Å². The highest BCUT2D eigenvalue weighted by molar-refractivity contribution is 7.21. The van der Waals surface area contributed by atoms with Gasteiger partial charge in [0.25, 0.3) is 0 Å². The maximum Gasteiger partial charge on any atom is 0.124 e. The van der Waals surface area contributed by atoms with Gasteiger partial charge in [0.05, 0.1) is 10.2 Å². The highest BCUT2D eigenvalue weighted by atomic mass is 35.5. The largest absolute Gasteiger partial charge is 0.489 e. The summed E-state index contributed by atoms with van der Waals surface area (Å²) in [4.78, 5) is 4.69. The van der Waals surface area contributed by atoms with Gasteiger partial charge in [-0.05, 0) is 36.4 Å². The minimum Gasteiger partial charge on any atom is -0.489 e. The van der Waals surface area contributed by atoms with Gasteiger partial charge in [0, 0.05) is 21.2 Å². The summed E-state index contributed by atoms with van der Waals surface area (Å²) in [5, 5.41) is 2.21. The van der Waals surface area contributed by atoms with Crippen LogP contribution in [0, 0.1) is 0 Å². The molecular formula is C20H13Cl2NOS. The van der Waals surface area contributed by atoms with E-state index < -0.39 is 0 Å². The lowest BCUT2D eigenvalue weighted by molar-refractivity contribution is 0.306. The number of rotatable bonds is 4. The van der Waals surface area contributed by atoms with Crippen LogP contribution in [0.3, 0.4) is 0 Å². The molecule has 0 amide bonds. The maximum absolute atomic E-state index is 6.20. The Morgan fingerprint density at radius 2 is 1.80 bits per heavy atom. The van der Waals surface area contributed by atoms with E-state index in [1.165, 1.54) is 4.70 Å². The van der Waals surface area contributed by atoms with Crippen molar-refractivity contribution in [1.29, 1.82) is 0 Å². The number of aromatic nitrogens is 1. The third-order valence-electron chi connectivity index (χ3n) is 3.78. The summed E-state index contributed by atoms with van der Waals surface area (Å²) in [6.45, 7) is 0.388. The first-order chi connectivity index (χ1) is 12.2. The van der Waals surface area contributed by atoms with Crippen molar-refractivity contribution in [2.24, 2.45) is 0 Å². The zero-order chi connectivity index (χ0) is 17.2. The Balaban J connectivity index is 1.56. The molecule has 0 atom stereocenters. The highest BCUT2D eigenvalue weighted by Crippen LogP contribution is 2.32. The smallest absolute Gasteiger partial charge is 0.124 e. The van der Waals surface area contributed by atoms with E-state index in [0.717, 1.165) is 27.4 Å². The average molecular weight is 386 g/mol. The van der Waals surface area contributed by atoms with Crippen molar-refractivity contribution in [3.05, 3.63) is 82.3 Å². The number of hydrogen-bond donors (Lipinski definition) is 0. The van der Waals surface area contributed by atoms with Crippen molar-refractivity contribution in [2.75, 3.05) is 0 Å². The molecule has 2 nitrogen and oxygen atoms in total. The first-order valence-electron chi connectivity index (χ1n) is 7.72. The summed E-state index contributed by atoms with van der Waals surface area (Å²) >= 11 is 13.8. The summed E-state index contributed by atoms with van der Waals surface area (Å²) < 4.78 is 7.08. The van der Waals surface area contributed by atoms with Gasteiger partial charge in [-0.1, -0.05) is 53.5 Å². The molecule has 4 aromatic rings. The summed E-state index contributed by atoms with van der Waals surface area (Å²) in [5.41, 5.74) is 2.96. The van der Waals surface area contributed by atoms with Crippen molar-refractivity contribution in [3.63, 3.8) is 0 Å². The van der Waals surface area contributed by atoms with Crippen LogP contribution >= 0.6 is 34.5 Å². The van der Waals surface area contributed by atoms with Gasteiger partial charge in [-0.3, -0.25) is 0 Å². The van der Waals surface area contributed by atoms with Gasteiger partial charge >= 0.3 is 0 Å². The van der Waals surface area contributed by atoms with Crippen LogP contribution < -0.4 is 4.74 Å². The third kappa shape index (κ3) is 3.64. The van der Waals surface area contributed by atoms with Crippen LogP contribution in [0.15, 0.2) is 66.7 Å². The topological polar surface area (TPSA) is 22.1 Å². The van der Waals surface area contributed by atoms with E-state index in [1.807, 2.05) is 54.6 Å². The Hall–Kier alpha value is -2.07. The first kappa shape index (κ1) is 16.4. The predicted octanol–water partition coefficient (Wildman–Crippen LogP) is 6.85. The molecule has 4 rings (SSSR count). The molecule has 1 heterocycles. The van der Waals surface area contributed by atoms with Gasteiger partial charge in [0.2, 0.25) is 0 Å². The van der Waals surface area contributed by atoms with E-state index in [-0.39, 0.29) is 0 Å². The summed E-state index contributed by atoms with van der Waals surface area (Å²) in [7, 11) is 0. The minimum absolute atomic E-state index is 0.388. The summed E-state index contributed by atoms with van der Waals surface area (Å²) in [6.07, 6.45) is 0. The molecule has 0 bridgehead atoms. The fourth-order valence-electron chi connectivity index (χ4n) is 2.51. The Morgan fingerprint density at radius 3 is 2.64 bits per heavy atom. The number of fused-ring (bicyclic) bond motifs is 1. The van der Waals surface area contributed by atoms with Crippen molar-refractivity contribution in [1.82, 2.24) is 4.98 Å². The van der Waals surface area contributed by atoms with Crippen molar-refractivity contribution >= 4 is 44.8 Å². The van der Waals surface area contributed by atoms with E-state index in [2.05, 4.69) is 6.07 Å². The van der Waals surface area contributed by atoms with Crippen LogP contribution in [0.5, 0.6) is 5.75 Å². The molecule has 5 heteroatoms. The van der Waals surface area contributed by atoms with E-state index in [4.69, 9.17) is 32.9 Å². The summed E-state index contributed by atoms with van der Waals surface area (Å²) in [6, 6.07) is 21.5. The SMILES string of the molecule is Clc1ccc(COc2cccc(-c3nc4ccccc4s3)c2)c(Cl)c1. The molecule has 0 radical (unpaired) electrons. The number of nitrogens with zero attached hydrogens (tertiary/aromatic N) is 1. The zero-order valence-electron chi connectivity index (χ0n) is 13.1. The van der Waals surface area contributed by atoms with Crippen LogP contribution in [-0.2, 0) is 6.61 Å². The monoisotopic (exact) mass is 385 g/mol. The zero-order valence-corrected chi connectivity index (χ0v) is 15.4. The lowest BCUT2D eigenvalue weighted by atomic mass is 10.2. The lowest BCUT2D eigenvalue weighted by Crippen LogP contribution is -1.96. The second-order valence-corrected chi connectivity index (χ2v) is 7.41. The van der Waals surface area contributed by atoms with Gasteiger partial charge < -0.3 is 4.74 Å². The van der Waals surface area contributed by atoms with E-state index in [9.17, 15) is 0 Å². The van der Waals surface area contributed by atoms with Crippen LogP contribution in [-0.4, -0.2) is 4.98 Å². The molecule has 0 saturated carbocycles. The molecule has 0 unspecified atom stereocenters. The third-order valence-corrected chi connectivity index (χ3v) is 5.46. The molecule has 124 valence electrons.